The first-order valence-electron chi connectivity index (χ1n) is 8.75. The summed E-state index contributed by atoms with van der Waals surface area (Å²) in [6.45, 7) is 1.56. The quantitative estimate of drug-likeness (QED) is 0.477. The number of nitrogens with one attached hydrogen (secondary N) is 3. The second-order valence-electron chi connectivity index (χ2n) is 6.51. The van der Waals surface area contributed by atoms with Crippen molar-refractivity contribution in [2.45, 2.75) is 32.2 Å². The summed E-state index contributed by atoms with van der Waals surface area (Å²) < 4.78 is 1.15. The molecule has 0 saturated heterocycles. The summed E-state index contributed by atoms with van der Waals surface area (Å²) in [4.78, 5) is 39.2. The molecule has 0 aliphatic rings. The molecule has 3 aromatic rings. The number of aryl methyl sites for hydroxylation is 1. The number of carbonyl (C=O) groups excluding carboxylic acids is 1. The fourth-order valence-corrected chi connectivity index (χ4v) is 3.10. The first-order chi connectivity index (χ1) is 13.0. The number of hydrogen-bond donors (Lipinski definition) is 4. The molecule has 3 rings (SSSR count). The number of H-pyrrole nitrogens is 2. The van der Waals surface area contributed by atoms with Crippen LogP contribution in [0.1, 0.15) is 23.2 Å². The van der Waals surface area contributed by atoms with E-state index in [0.29, 0.717) is 23.3 Å². The van der Waals surface area contributed by atoms with Gasteiger partial charge in [-0.05, 0) is 25.3 Å². The van der Waals surface area contributed by atoms with Crippen LogP contribution >= 0.6 is 0 Å². The number of aliphatic hydroxyl groups is 1. The average molecular weight is 370 g/mol. The number of benzene rings is 1. The number of aromatic nitrogens is 3. The first kappa shape index (κ1) is 18.7. The third-order valence-electron chi connectivity index (χ3n) is 4.47. The van der Waals surface area contributed by atoms with E-state index in [2.05, 4.69) is 15.4 Å². The molecule has 4 N–H and O–H groups in total. The standard InChI is InChI=1S/C19H22N4O4/c1-12-15(19(27)23-16(20-12)10-18(26)22-23)7-8-17(25)21-14(11-24)9-13-5-3-2-4-6-13/h2-6,10,14,20,24H,7-9,11H2,1H3,(H,21,25)(H,22,26). The predicted molar refractivity (Wildman–Crippen MR) is 101 cm³/mol. The Morgan fingerprint density at radius 3 is 2.70 bits per heavy atom. The van der Waals surface area contributed by atoms with Gasteiger partial charge < -0.3 is 15.4 Å². The van der Waals surface area contributed by atoms with E-state index in [1.165, 1.54) is 6.07 Å². The predicted octanol–water partition coefficient (Wildman–Crippen LogP) is 0.277. The van der Waals surface area contributed by atoms with Crippen LogP contribution in [0.25, 0.3) is 5.65 Å². The van der Waals surface area contributed by atoms with Gasteiger partial charge in [0.05, 0.1) is 12.6 Å². The summed E-state index contributed by atoms with van der Waals surface area (Å²) >= 11 is 0. The molecule has 1 aromatic carbocycles. The van der Waals surface area contributed by atoms with Gasteiger partial charge in [-0.25, -0.2) is 4.52 Å². The van der Waals surface area contributed by atoms with Crippen molar-refractivity contribution in [3.05, 3.63) is 73.9 Å². The lowest BCUT2D eigenvalue weighted by Gasteiger charge is -2.16. The largest absolute Gasteiger partial charge is 0.394 e. The zero-order valence-corrected chi connectivity index (χ0v) is 15.0. The monoisotopic (exact) mass is 370 g/mol. The molecule has 8 heteroatoms. The average Bonchev–Trinajstić information content (AvgIpc) is 3.02. The summed E-state index contributed by atoms with van der Waals surface area (Å²) in [5, 5.41) is 14.8. The summed E-state index contributed by atoms with van der Waals surface area (Å²) in [6, 6.07) is 10.5. The van der Waals surface area contributed by atoms with Crippen molar-refractivity contribution in [2.75, 3.05) is 6.61 Å². The number of rotatable bonds is 7. The molecule has 0 bridgehead atoms. The molecule has 1 atom stereocenters. The van der Waals surface area contributed by atoms with Gasteiger partial charge in [-0.2, -0.15) is 0 Å². The van der Waals surface area contributed by atoms with Crippen LogP contribution in [0.2, 0.25) is 0 Å². The summed E-state index contributed by atoms with van der Waals surface area (Å²) in [6.07, 6.45) is 0.859. The Kier molecular flexibility index (Phi) is 5.56. The highest BCUT2D eigenvalue weighted by molar-refractivity contribution is 5.76. The smallest absolute Gasteiger partial charge is 0.276 e. The number of aliphatic hydroxyl groups excluding tert-OH is 1. The van der Waals surface area contributed by atoms with Gasteiger partial charge >= 0.3 is 0 Å². The summed E-state index contributed by atoms with van der Waals surface area (Å²) in [5.74, 6) is -0.245. The van der Waals surface area contributed by atoms with Crippen LogP contribution < -0.4 is 16.4 Å². The molecule has 0 radical (unpaired) electrons. The lowest BCUT2D eigenvalue weighted by Crippen LogP contribution is -2.39. The molecular formula is C19H22N4O4. The molecule has 0 aliphatic carbocycles. The van der Waals surface area contributed by atoms with Crippen molar-refractivity contribution < 1.29 is 9.90 Å². The van der Waals surface area contributed by atoms with Crippen LogP contribution in [0.15, 0.2) is 46.0 Å². The highest BCUT2D eigenvalue weighted by Crippen LogP contribution is 2.06. The third kappa shape index (κ3) is 4.35. The van der Waals surface area contributed by atoms with Gasteiger partial charge in [0.1, 0.15) is 5.65 Å². The summed E-state index contributed by atoms with van der Waals surface area (Å²) in [7, 11) is 0. The SMILES string of the molecule is Cc1[nH]c2cc(=O)[nH]n2c(=O)c1CCC(=O)NC(CO)Cc1ccccc1. The van der Waals surface area contributed by atoms with Crippen LogP contribution in [0.4, 0.5) is 0 Å². The third-order valence-corrected chi connectivity index (χ3v) is 4.47. The van der Waals surface area contributed by atoms with Gasteiger partial charge in [0.15, 0.2) is 0 Å². The van der Waals surface area contributed by atoms with Gasteiger partial charge in [-0.3, -0.25) is 19.5 Å². The maximum absolute atomic E-state index is 12.5. The van der Waals surface area contributed by atoms with E-state index in [-0.39, 0.29) is 42.5 Å². The van der Waals surface area contributed by atoms with E-state index in [0.717, 1.165) is 10.1 Å². The second kappa shape index (κ2) is 8.05. The fraction of sp³-hybridized carbons (Fsp3) is 0.316. The number of aromatic amines is 2. The maximum Gasteiger partial charge on any atom is 0.276 e. The Bertz CT molecular complexity index is 1050. The van der Waals surface area contributed by atoms with E-state index >= 15 is 0 Å². The van der Waals surface area contributed by atoms with Crippen LogP contribution in [0, 0.1) is 6.92 Å². The van der Waals surface area contributed by atoms with Crippen LogP contribution in [0.5, 0.6) is 0 Å². The maximum atomic E-state index is 12.5. The minimum absolute atomic E-state index is 0.103. The Morgan fingerprint density at radius 2 is 2.00 bits per heavy atom. The van der Waals surface area contributed by atoms with Crippen molar-refractivity contribution in [3.8, 4) is 0 Å². The van der Waals surface area contributed by atoms with Gasteiger partial charge in [0.2, 0.25) is 5.91 Å². The van der Waals surface area contributed by atoms with Crippen molar-refractivity contribution in [3.63, 3.8) is 0 Å². The minimum atomic E-state index is -0.387. The van der Waals surface area contributed by atoms with Crippen molar-refractivity contribution >= 4 is 11.6 Å². The van der Waals surface area contributed by atoms with E-state index in [9.17, 15) is 19.5 Å². The van der Waals surface area contributed by atoms with E-state index in [1.807, 2.05) is 30.3 Å². The van der Waals surface area contributed by atoms with Gasteiger partial charge in [-0.1, -0.05) is 30.3 Å². The Morgan fingerprint density at radius 1 is 1.26 bits per heavy atom. The number of amides is 1. The van der Waals surface area contributed by atoms with Crippen LogP contribution in [0.3, 0.4) is 0 Å². The Balaban J connectivity index is 1.65. The molecule has 0 saturated carbocycles. The zero-order chi connectivity index (χ0) is 19.4. The molecule has 0 spiro atoms. The van der Waals surface area contributed by atoms with E-state index in [4.69, 9.17) is 0 Å². The Labute approximate surface area is 154 Å². The van der Waals surface area contributed by atoms with Crippen LogP contribution in [-0.2, 0) is 17.6 Å². The lowest BCUT2D eigenvalue weighted by atomic mass is 10.1. The zero-order valence-electron chi connectivity index (χ0n) is 15.0. The molecule has 142 valence electrons. The summed E-state index contributed by atoms with van der Waals surface area (Å²) in [5.41, 5.74) is 1.75. The number of nitrogens with zero attached hydrogens (tertiary/aromatic N) is 1. The number of hydrogen-bond acceptors (Lipinski definition) is 4. The topological polar surface area (TPSA) is 119 Å². The minimum Gasteiger partial charge on any atom is -0.394 e. The highest BCUT2D eigenvalue weighted by Gasteiger charge is 2.15. The van der Waals surface area contributed by atoms with Gasteiger partial charge in [0, 0.05) is 23.7 Å². The number of carbonyl (C=O) groups is 1. The molecular weight excluding hydrogens is 348 g/mol. The van der Waals surface area contributed by atoms with Gasteiger partial charge in [0.25, 0.3) is 11.1 Å². The van der Waals surface area contributed by atoms with Crippen molar-refractivity contribution in [2.24, 2.45) is 0 Å². The molecule has 1 amide bonds. The highest BCUT2D eigenvalue weighted by atomic mass is 16.3. The second-order valence-corrected chi connectivity index (χ2v) is 6.51. The first-order valence-corrected chi connectivity index (χ1v) is 8.75. The molecule has 0 fully saturated rings. The molecule has 8 nitrogen and oxygen atoms in total. The molecule has 0 aliphatic heterocycles. The van der Waals surface area contributed by atoms with Crippen molar-refractivity contribution in [1.82, 2.24) is 19.9 Å². The van der Waals surface area contributed by atoms with Crippen LogP contribution in [-0.4, -0.2) is 38.3 Å². The number of fused-ring (bicyclic) bond motifs is 1. The Hall–Kier alpha value is -3.13. The lowest BCUT2D eigenvalue weighted by molar-refractivity contribution is -0.122. The van der Waals surface area contributed by atoms with Crippen molar-refractivity contribution in [1.29, 1.82) is 0 Å². The molecule has 27 heavy (non-hydrogen) atoms. The fourth-order valence-electron chi connectivity index (χ4n) is 3.10. The van der Waals surface area contributed by atoms with Gasteiger partial charge in [-0.15, -0.1) is 0 Å². The van der Waals surface area contributed by atoms with E-state index in [1.54, 1.807) is 6.92 Å². The molecule has 2 heterocycles. The molecule has 1 unspecified atom stereocenters. The molecule has 2 aromatic heterocycles. The van der Waals surface area contributed by atoms with E-state index < -0.39 is 0 Å². The normalized spacial score (nSPS) is 12.2.